The third kappa shape index (κ3) is 2.49. The van der Waals surface area contributed by atoms with Crippen LogP contribution in [0.1, 0.15) is 17.3 Å². The second-order valence-electron chi connectivity index (χ2n) is 3.47. The normalized spacial score (nSPS) is 10.1. The first-order chi connectivity index (χ1) is 8.74. The third-order valence-corrected chi connectivity index (χ3v) is 2.61. The van der Waals surface area contributed by atoms with Crippen molar-refractivity contribution in [3.05, 3.63) is 47.4 Å². The van der Waals surface area contributed by atoms with Crippen LogP contribution in [-0.2, 0) is 4.74 Å². The number of halogens is 1. The van der Waals surface area contributed by atoms with Gasteiger partial charge in [0, 0.05) is 5.56 Å². The van der Waals surface area contributed by atoms with Crippen molar-refractivity contribution in [3.8, 4) is 11.3 Å². The molecule has 2 rings (SSSR count). The van der Waals surface area contributed by atoms with Crippen molar-refractivity contribution in [2.24, 2.45) is 0 Å². The van der Waals surface area contributed by atoms with E-state index in [1.54, 1.807) is 6.92 Å². The first-order valence-electron chi connectivity index (χ1n) is 5.47. The Hall–Kier alpha value is -1.94. The van der Waals surface area contributed by atoms with Gasteiger partial charge in [-0.3, -0.25) is 0 Å². The van der Waals surface area contributed by atoms with Crippen molar-refractivity contribution >= 4 is 17.6 Å². The van der Waals surface area contributed by atoms with Gasteiger partial charge in [-0.25, -0.2) is 14.8 Å². The van der Waals surface area contributed by atoms with Crippen LogP contribution >= 0.6 is 11.6 Å². The largest absolute Gasteiger partial charge is 0.462 e. The molecule has 1 heterocycles. The highest BCUT2D eigenvalue weighted by Gasteiger charge is 2.19. The molecule has 0 spiro atoms. The Morgan fingerprint density at radius 2 is 2.00 bits per heavy atom. The van der Waals surface area contributed by atoms with Gasteiger partial charge in [0.2, 0.25) is 0 Å². The molecule has 0 bridgehead atoms. The van der Waals surface area contributed by atoms with Gasteiger partial charge in [-0.1, -0.05) is 41.9 Å². The predicted octanol–water partition coefficient (Wildman–Crippen LogP) is 2.97. The smallest absolute Gasteiger partial charge is 0.343 e. The summed E-state index contributed by atoms with van der Waals surface area (Å²) >= 11 is 5.96. The molecule has 4 nitrogen and oxygen atoms in total. The zero-order chi connectivity index (χ0) is 13.0. The third-order valence-electron chi connectivity index (χ3n) is 2.33. The summed E-state index contributed by atoms with van der Waals surface area (Å²) in [5.41, 5.74) is 1.48. The summed E-state index contributed by atoms with van der Waals surface area (Å²) in [5.74, 6) is -0.512. The van der Waals surface area contributed by atoms with Crippen LogP contribution in [0.5, 0.6) is 0 Å². The lowest BCUT2D eigenvalue weighted by atomic mass is 10.1. The molecule has 0 atom stereocenters. The molecule has 0 unspecified atom stereocenters. The number of carbonyl (C=O) groups excluding carboxylic acids is 1. The fourth-order valence-electron chi connectivity index (χ4n) is 1.56. The molecule has 0 fully saturated rings. The van der Waals surface area contributed by atoms with Gasteiger partial charge in [0.15, 0.2) is 0 Å². The van der Waals surface area contributed by atoms with E-state index in [0.29, 0.717) is 5.69 Å². The minimum Gasteiger partial charge on any atom is -0.462 e. The van der Waals surface area contributed by atoms with Crippen LogP contribution in [0.15, 0.2) is 36.7 Å². The van der Waals surface area contributed by atoms with Gasteiger partial charge < -0.3 is 4.74 Å². The quantitative estimate of drug-likeness (QED) is 0.630. The summed E-state index contributed by atoms with van der Waals surface area (Å²) < 4.78 is 4.97. The van der Waals surface area contributed by atoms with Gasteiger partial charge in [0.1, 0.15) is 17.0 Å². The van der Waals surface area contributed by atoms with Crippen LogP contribution in [0.4, 0.5) is 0 Å². The zero-order valence-corrected chi connectivity index (χ0v) is 10.5. The molecule has 0 saturated heterocycles. The zero-order valence-electron chi connectivity index (χ0n) is 9.76. The molecule has 0 aliphatic rings. The number of esters is 1. The molecule has 0 radical (unpaired) electrons. The predicted molar refractivity (Wildman–Crippen MR) is 68.4 cm³/mol. The standard InChI is InChI=1S/C13H11ClN2O2/c1-2-18-13(17)10-11(15-8-16-12(10)14)9-6-4-3-5-7-9/h3-8H,2H2,1H3. The van der Waals surface area contributed by atoms with Crippen LogP contribution in [0.3, 0.4) is 0 Å². The molecule has 0 aliphatic heterocycles. The number of hydrogen-bond donors (Lipinski definition) is 0. The molecule has 0 N–H and O–H groups in total. The summed E-state index contributed by atoms with van der Waals surface area (Å²) in [7, 11) is 0. The minimum atomic E-state index is -0.512. The van der Waals surface area contributed by atoms with Crippen LogP contribution in [-0.4, -0.2) is 22.5 Å². The van der Waals surface area contributed by atoms with Gasteiger partial charge >= 0.3 is 5.97 Å². The average molecular weight is 263 g/mol. The van der Waals surface area contributed by atoms with E-state index in [1.807, 2.05) is 30.3 Å². The second kappa shape index (κ2) is 5.60. The van der Waals surface area contributed by atoms with Crippen LogP contribution in [0.25, 0.3) is 11.3 Å². The molecule has 0 aliphatic carbocycles. The Kier molecular flexibility index (Phi) is 3.89. The molecule has 5 heteroatoms. The highest BCUT2D eigenvalue weighted by molar-refractivity contribution is 6.33. The highest BCUT2D eigenvalue weighted by Crippen LogP contribution is 2.25. The number of rotatable bonds is 3. The lowest BCUT2D eigenvalue weighted by molar-refractivity contribution is 0.0526. The van der Waals surface area contributed by atoms with Crippen molar-refractivity contribution in [3.63, 3.8) is 0 Å². The number of aromatic nitrogens is 2. The molecule has 18 heavy (non-hydrogen) atoms. The fraction of sp³-hybridized carbons (Fsp3) is 0.154. The fourth-order valence-corrected chi connectivity index (χ4v) is 1.77. The second-order valence-corrected chi connectivity index (χ2v) is 3.83. The van der Waals surface area contributed by atoms with E-state index in [9.17, 15) is 4.79 Å². The molecule has 0 amide bonds. The van der Waals surface area contributed by atoms with Gasteiger partial charge in [0.05, 0.1) is 12.3 Å². The maximum Gasteiger partial charge on any atom is 0.343 e. The molecule has 1 aromatic heterocycles. The lowest BCUT2D eigenvalue weighted by Gasteiger charge is -2.08. The van der Waals surface area contributed by atoms with Crippen molar-refractivity contribution in [2.75, 3.05) is 6.61 Å². The molecule has 92 valence electrons. The van der Waals surface area contributed by atoms with Crippen molar-refractivity contribution in [1.29, 1.82) is 0 Å². The summed E-state index contributed by atoms with van der Waals surface area (Å²) in [5, 5.41) is 0.0994. The maximum atomic E-state index is 11.9. The van der Waals surface area contributed by atoms with Crippen LogP contribution < -0.4 is 0 Å². The SMILES string of the molecule is CCOC(=O)c1c(Cl)ncnc1-c1ccccc1. The number of nitrogens with zero attached hydrogens (tertiary/aromatic N) is 2. The van der Waals surface area contributed by atoms with E-state index in [-0.39, 0.29) is 17.3 Å². The van der Waals surface area contributed by atoms with Crippen molar-refractivity contribution in [1.82, 2.24) is 9.97 Å². The first kappa shape index (κ1) is 12.5. The van der Waals surface area contributed by atoms with E-state index in [4.69, 9.17) is 16.3 Å². The van der Waals surface area contributed by atoms with E-state index in [1.165, 1.54) is 6.33 Å². The van der Waals surface area contributed by atoms with Gasteiger partial charge in [0.25, 0.3) is 0 Å². The summed E-state index contributed by atoms with van der Waals surface area (Å²) in [6.07, 6.45) is 1.33. The molecular formula is C13H11ClN2O2. The molecule has 0 saturated carbocycles. The van der Waals surface area contributed by atoms with E-state index < -0.39 is 5.97 Å². The van der Waals surface area contributed by atoms with E-state index >= 15 is 0 Å². The van der Waals surface area contributed by atoms with Gasteiger partial charge in [-0.15, -0.1) is 0 Å². The van der Waals surface area contributed by atoms with Gasteiger partial charge in [-0.2, -0.15) is 0 Å². The Morgan fingerprint density at radius 1 is 1.28 bits per heavy atom. The van der Waals surface area contributed by atoms with Crippen molar-refractivity contribution < 1.29 is 9.53 Å². The number of hydrogen-bond acceptors (Lipinski definition) is 4. The summed E-state index contributed by atoms with van der Waals surface area (Å²) in [6, 6.07) is 9.31. The Morgan fingerprint density at radius 3 is 2.67 bits per heavy atom. The van der Waals surface area contributed by atoms with Crippen LogP contribution in [0, 0.1) is 0 Å². The van der Waals surface area contributed by atoms with Crippen molar-refractivity contribution in [2.45, 2.75) is 6.92 Å². The highest BCUT2D eigenvalue weighted by atomic mass is 35.5. The molecule has 2 aromatic rings. The first-order valence-corrected chi connectivity index (χ1v) is 5.85. The number of carbonyl (C=O) groups is 1. The minimum absolute atomic E-state index is 0.0994. The summed E-state index contributed by atoms with van der Waals surface area (Å²) in [6.45, 7) is 2.01. The molecule has 1 aromatic carbocycles. The number of benzene rings is 1. The van der Waals surface area contributed by atoms with Crippen LogP contribution in [0.2, 0.25) is 5.15 Å². The van der Waals surface area contributed by atoms with Gasteiger partial charge in [-0.05, 0) is 6.92 Å². The maximum absolute atomic E-state index is 11.9. The molecular weight excluding hydrogens is 252 g/mol. The monoisotopic (exact) mass is 262 g/mol. The summed E-state index contributed by atoms with van der Waals surface area (Å²) in [4.78, 5) is 19.8. The topological polar surface area (TPSA) is 52.1 Å². The Labute approximate surface area is 110 Å². The average Bonchev–Trinajstić information content (AvgIpc) is 2.39. The van der Waals surface area contributed by atoms with E-state index in [0.717, 1.165) is 5.56 Å². The Balaban J connectivity index is 2.55. The lowest BCUT2D eigenvalue weighted by Crippen LogP contribution is -2.09. The number of ether oxygens (including phenoxy) is 1. The van der Waals surface area contributed by atoms with E-state index in [2.05, 4.69) is 9.97 Å². The Bertz CT molecular complexity index is 558.